The highest BCUT2D eigenvalue weighted by Crippen LogP contribution is 1.72. The Morgan fingerprint density at radius 2 is 2.15 bits per heavy atom. The van der Waals surface area contributed by atoms with E-state index < -0.39 is 0 Å². The smallest absolute Gasteiger partial charge is 0.303 e. The third kappa shape index (κ3) is 1.88. The molecule has 0 N–H and O–H groups in total. The average Bonchev–Trinajstić information content (AvgIpc) is 2.12. The molecule has 0 spiro atoms. The first-order valence-electron chi connectivity index (χ1n) is 3.83. The van der Waals surface area contributed by atoms with Crippen molar-refractivity contribution in [3.05, 3.63) is 33.1 Å². The number of hydrogen-bond donors (Lipinski definition) is 0. The van der Waals surface area contributed by atoms with Crippen LogP contribution >= 0.6 is 0 Å². The van der Waals surface area contributed by atoms with Crippen molar-refractivity contribution in [2.24, 2.45) is 7.05 Å². The average molecular weight is 178 g/mol. The summed E-state index contributed by atoms with van der Waals surface area (Å²) in [6, 6.07) is 1.35. The fraction of sp³-hybridized carbons (Fsp3) is 0.333. The van der Waals surface area contributed by atoms with Gasteiger partial charge in [-0.3, -0.25) is 4.79 Å². The van der Waals surface area contributed by atoms with Crippen LogP contribution in [0.15, 0.2) is 21.9 Å². The zero-order valence-electron chi connectivity index (χ0n) is 7.57. The molecular weight excluding hydrogens is 168 g/mol. The zero-order valence-corrected chi connectivity index (χ0v) is 7.57. The van der Waals surface area contributed by atoms with Crippen molar-refractivity contribution in [2.45, 2.75) is 13.5 Å². The maximum absolute atomic E-state index is 11.4. The molecule has 0 aromatic carbocycles. The molecule has 1 heterocycles. The Morgan fingerprint density at radius 3 is 2.77 bits per heavy atom. The van der Waals surface area contributed by atoms with E-state index in [0.29, 0.717) is 0 Å². The van der Waals surface area contributed by atoms with E-state index in [-0.39, 0.29) is 17.8 Å². The van der Waals surface area contributed by atoms with Gasteiger partial charge in [0.15, 0.2) is 0 Å². The number of rotatable bonds is 1. The highest BCUT2D eigenvalue weighted by molar-refractivity contribution is 4.97. The number of nitrogens with zero attached hydrogens (tertiary/aromatic N) is 2. The standard InChI is InChI=1S/C9H10N2O2/c1-3-4-6-11-8(12)5-7-10(2)9(11)13/h5,7H,6H2,1-2H3. The fourth-order valence-corrected chi connectivity index (χ4v) is 0.918. The van der Waals surface area contributed by atoms with Gasteiger partial charge in [0, 0.05) is 19.3 Å². The van der Waals surface area contributed by atoms with Crippen LogP contribution in [-0.4, -0.2) is 9.13 Å². The molecule has 0 radical (unpaired) electrons. The second kappa shape index (κ2) is 3.76. The minimum atomic E-state index is -0.338. The Morgan fingerprint density at radius 1 is 1.46 bits per heavy atom. The molecule has 1 aromatic rings. The Kier molecular flexibility index (Phi) is 2.70. The summed E-state index contributed by atoms with van der Waals surface area (Å²) < 4.78 is 2.44. The maximum atomic E-state index is 11.4. The Labute approximate surface area is 75.4 Å². The van der Waals surface area contributed by atoms with Crippen LogP contribution in [0, 0.1) is 11.8 Å². The molecule has 1 rings (SSSR count). The van der Waals surface area contributed by atoms with E-state index >= 15 is 0 Å². The lowest BCUT2D eigenvalue weighted by molar-refractivity contribution is 0.656. The zero-order chi connectivity index (χ0) is 9.84. The first-order valence-corrected chi connectivity index (χ1v) is 3.83. The summed E-state index contributed by atoms with van der Waals surface area (Å²) in [5, 5.41) is 0. The van der Waals surface area contributed by atoms with Crippen LogP contribution in [0.2, 0.25) is 0 Å². The quantitative estimate of drug-likeness (QED) is 0.548. The fourth-order valence-electron chi connectivity index (χ4n) is 0.918. The van der Waals surface area contributed by atoms with Crippen molar-refractivity contribution in [2.75, 3.05) is 0 Å². The molecule has 0 atom stereocenters. The predicted octanol–water partition coefficient (Wildman–Crippen LogP) is -0.430. The van der Waals surface area contributed by atoms with E-state index in [0.717, 1.165) is 4.57 Å². The Hall–Kier alpha value is -1.76. The minimum Gasteiger partial charge on any atom is -0.303 e. The van der Waals surface area contributed by atoms with Gasteiger partial charge in [-0.05, 0) is 6.92 Å². The summed E-state index contributed by atoms with van der Waals surface area (Å²) in [7, 11) is 1.59. The lowest BCUT2D eigenvalue weighted by Crippen LogP contribution is -2.37. The molecule has 0 fully saturated rings. The first-order chi connectivity index (χ1) is 6.16. The van der Waals surface area contributed by atoms with Crippen LogP contribution in [0.25, 0.3) is 0 Å². The Bertz CT molecular complexity index is 471. The largest absolute Gasteiger partial charge is 0.331 e. The lowest BCUT2D eigenvalue weighted by atomic mass is 10.5. The monoisotopic (exact) mass is 178 g/mol. The van der Waals surface area contributed by atoms with Gasteiger partial charge in [-0.2, -0.15) is 0 Å². The molecule has 13 heavy (non-hydrogen) atoms. The van der Waals surface area contributed by atoms with Crippen LogP contribution < -0.4 is 11.2 Å². The molecule has 0 amide bonds. The lowest BCUT2D eigenvalue weighted by Gasteiger charge is -2.01. The maximum Gasteiger partial charge on any atom is 0.331 e. The van der Waals surface area contributed by atoms with E-state index in [2.05, 4.69) is 11.8 Å². The number of hydrogen-bond acceptors (Lipinski definition) is 2. The van der Waals surface area contributed by atoms with E-state index in [4.69, 9.17) is 0 Å². The minimum absolute atomic E-state index is 0.156. The van der Waals surface area contributed by atoms with Crippen molar-refractivity contribution >= 4 is 0 Å². The van der Waals surface area contributed by atoms with Crippen LogP contribution in [0.3, 0.4) is 0 Å². The summed E-state index contributed by atoms with van der Waals surface area (Å²) >= 11 is 0. The van der Waals surface area contributed by atoms with E-state index in [9.17, 15) is 9.59 Å². The van der Waals surface area contributed by atoms with Crippen molar-refractivity contribution in [3.8, 4) is 11.8 Å². The van der Waals surface area contributed by atoms with Gasteiger partial charge in [0.2, 0.25) is 0 Å². The van der Waals surface area contributed by atoms with Crippen molar-refractivity contribution in [1.82, 2.24) is 9.13 Å². The third-order valence-corrected chi connectivity index (χ3v) is 1.65. The van der Waals surface area contributed by atoms with Gasteiger partial charge >= 0.3 is 5.69 Å². The molecule has 0 aliphatic rings. The topological polar surface area (TPSA) is 44.0 Å². The van der Waals surface area contributed by atoms with Gasteiger partial charge in [-0.1, -0.05) is 5.92 Å². The molecule has 0 unspecified atom stereocenters. The second-order valence-corrected chi connectivity index (χ2v) is 2.56. The van der Waals surface area contributed by atoms with Crippen molar-refractivity contribution in [1.29, 1.82) is 0 Å². The molecule has 0 saturated heterocycles. The van der Waals surface area contributed by atoms with Crippen LogP contribution in [0.1, 0.15) is 6.92 Å². The van der Waals surface area contributed by atoms with Gasteiger partial charge < -0.3 is 4.57 Å². The second-order valence-electron chi connectivity index (χ2n) is 2.56. The Balaban J connectivity index is 3.32. The highest BCUT2D eigenvalue weighted by Gasteiger charge is 1.99. The van der Waals surface area contributed by atoms with Gasteiger partial charge in [0.05, 0.1) is 6.54 Å². The van der Waals surface area contributed by atoms with E-state index in [1.807, 2.05) is 0 Å². The molecule has 68 valence electrons. The summed E-state index contributed by atoms with van der Waals surface area (Å²) in [6.07, 6.45) is 1.44. The molecule has 4 nitrogen and oxygen atoms in total. The van der Waals surface area contributed by atoms with Crippen molar-refractivity contribution < 1.29 is 0 Å². The predicted molar refractivity (Wildman–Crippen MR) is 49.4 cm³/mol. The first kappa shape index (κ1) is 9.33. The molecule has 0 aliphatic heterocycles. The van der Waals surface area contributed by atoms with Crippen LogP contribution in [-0.2, 0) is 13.6 Å². The van der Waals surface area contributed by atoms with E-state index in [1.165, 1.54) is 16.8 Å². The van der Waals surface area contributed by atoms with E-state index in [1.54, 1.807) is 14.0 Å². The summed E-state index contributed by atoms with van der Waals surface area (Å²) in [5.41, 5.74) is -0.652. The number of aryl methyl sites for hydroxylation is 1. The summed E-state index contributed by atoms with van der Waals surface area (Å²) in [6.45, 7) is 1.82. The molecule has 0 bridgehead atoms. The molecule has 4 heteroatoms. The van der Waals surface area contributed by atoms with Crippen LogP contribution in [0.4, 0.5) is 0 Å². The highest BCUT2D eigenvalue weighted by atomic mass is 16.2. The molecule has 0 aliphatic carbocycles. The van der Waals surface area contributed by atoms with Gasteiger partial charge in [-0.15, -0.1) is 5.92 Å². The SMILES string of the molecule is CC#CCn1c(=O)ccn(C)c1=O. The summed E-state index contributed by atoms with van der Waals surface area (Å²) in [5.74, 6) is 5.31. The molecule has 0 saturated carbocycles. The van der Waals surface area contributed by atoms with Gasteiger partial charge in [0.1, 0.15) is 0 Å². The third-order valence-electron chi connectivity index (χ3n) is 1.65. The molecular formula is C9H10N2O2. The van der Waals surface area contributed by atoms with Gasteiger partial charge in [0.25, 0.3) is 5.56 Å². The molecule has 1 aromatic heterocycles. The van der Waals surface area contributed by atoms with Crippen LogP contribution in [0.5, 0.6) is 0 Å². The van der Waals surface area contributed by atoms with Crippen molar-refractivity contribution in [3.63, 3.8) is 0 Å². The van der Waals surface area contributed by atoms with Gasteiger partial charge in [-0.25, -0.2) is 9.36 Å². The normalized spacial score (nSPS) is 9.08. The number of aromatic nitrogens is 2. The summed E-state index contributed by atoms with van der Waals surface area (Å²) in [4.78, 5) is 22.5.